The van der Waals surface area contributed by atoms with Crippen LogP contribution in [0.2, 0.25) is 0 Å². The van der Waals surface area contributed by atoms with Gasteiger partial charge >= 0.3 is 0 Å². The number of benzene rings is 3. The summed E-state index contributed by atoms with van der Waals surface area (Å²) >= 11 is 1.78. The Hall–Kier alpha value is -2.55. The molecule has 1 N–H and O–H groups in total. The van der Waals surface area contributed by atoms with Crippen LogP contribution >= 0.6 is 11.8 Å². The molecule has 0 aliphatic heterocycles. The highest BCUT2D eigenvalue weighted by Gasteiger charge is 2.13. The van der Waals surface area contributed by atoms with Gasteiger partial charge in [0.2, 0.25) is 0 Å². The molecule has 1 atom stereocenters. The van der Waals surface area contributed by atoms with Gasteiger partial charge in [-0.2, -0.15) is 0 Å². The lowest BCUT2D eigenvalue weighted by Crippen LogP contribution is -2.02. The molecule has 0 saturated heterocycles. The Labute approximate surface area is 224 Å². The van der Waals surface area contributed by atoms with Gasteiger partial charge in [0.25, 0.3) is 0 Å². The van der Waals surface area contributed by atoms with Crippen molar-refractivity contribution in [2.75, 3.05) is 12.9 Å². The number of aliphatic hydroxyl groups is 1. The molecular weight excluding hydrogens is 456 g/mol. The van der Waals surface area contributed by atoms with Crippen LogP contribution in [-0.4, -0.2) is 18.0 Å². The first-order valence-corrected chi connectivity index (χ1v) is 14.2. The van der Waals surface area contributed by atoms with Crippen molar-refractivity contribution in [1.29, 1.82) is 0 Å². The molecule has 0 amide bonds. The van der Waals surface area contributed by atoms with Crippen LogP contribution in [0.5, 0.6) is 0 Å². The third-order valence-electron chi connectivity index (χ3n) is 6.43. The summed E-state index contributed by atoms with van der Waals surface area (Å²) < 4.78 is 0. The number of allylic oxidation sites excluding steroid dienone is 3. The summed E-state index contributed by atoms with van der Waals surface area (Å²) in [5.74, 6) is 0.646. The van der Waals surface area contributed by atoms with Gasteiger partial charge in [-0.05, 0) is 94.4 Å². The molecule has 1 unspecified atom stereocenters. The zero-order valence-corrected chi connectivity index (χ0v) is 23.9. The first kappa shape index (κ1) is 29.7. The molecule has 1 aliphatic rings. The van der Waals surface area contributed by atoms with Crippen LogP contribution in [0.1, 0.15) is 54.5 Å². The highest BCUT2D eigenvalue weighted by molar-refractivity contribution is 7.98. The number of aryl methyl sites for hydroxylation is 4. The zero-order chi connectivity index (χ0) is 26.3. The van der Waals surface area contributed by atoms with Crippen LogP contribution in [0.3, 0.4) is 0 Å². The molecular formula is C34H44OS. The normalized spacial score (nSPS) is 17.5. The Morgan fingerprint density at radius 1 is 0.778 bits per heavy atom. The van der Waals surface area contributed by atoms with Crippen LogP contribution < -0.4 is 0 Å². The summed E-state index contributed by atoms with van der Waals surface area (Å²) in [4.78, 5) is 1.33. The third kappa shape index (κ3) is 11.0. The SMILES string of the molecule is C/C1=C(\C=C/CO)CC(C)Cc2ccccc2CC1.CSc1ccc(C)cc1.Cc1cccc(C)c1. The smallest absolute Gasteiger partial charge is 0.0615 e. The average molecular weight is 501 g/mol. The average Bonchev–Trinajstić information content (AvgIpc) is 2.92. The predicted molar refractivity (Wildman–Crippen MR) is 160 cm³/mol. The first-order chi connectivity index (χ1) is 17.3. The molecule has 0 fully saturated rings. The lowest BCUT2D eigenvalue weighted by molar-refractivity contribution is 0.342. The molecule has 0 aromatic heterocycles. The monoisotopic (exact) mass is 500 g/mol. The van der Waals surface area contributed by atoms with Crippen molar-refractivity contribution in [3.63, 3.8) is 0 Å². The lowest BCUT2D eigenvalue weighted by Gasteiger charge is -2.14. The second-order valence-corrected chi connectivity index (χ2v) is 10.7. The van der Waals surface area contributed by atoms with E-state index >= 15 is 0 Å². The minimum Gasteiger partial charge on any atom is -0.392 e. The van der Waals surface area contributed by atoms with E-state index in [4.69, 9.17) is 5.11 Å². The van der Waals surface area contributed by atoms with Crippen molar-refractivity contribution in [2.24, 2.45) is 5.92 Å². The molecule has 4 rings (SSSR count). The van der Waals surface area contributed by atoms with Crippen LogP contribution in [-0.2, 0) is 12.8 Å². The molecule has 192 valence electrons. The third-order valence-corrected chi connectivity index (χ3v) is 7.17. The molecule has 0 spiro atoms. The summed E-state index contributed by atoms with van der Waals surface area (Å²) in [5.41, 5.74) is 9.89. The summed E-state index contributed by atoms with van der Waals surface area (Å²) in [7, 11) is 0. The number of thioether (sulfide) groups is 1. The van der Waals surface area contributed by atoms with Gasteiger partial charge < -0.3 is 5.11 Å². The number of hydrogen-bond acceptors (Lipinski definition) is 2. The zero-order valence-electron chi connectivity index (χ0n) is 23.1. The van der Waals surface area contributed by atoms with Crippen LogP contribution in [0, 0.1) is 26.7 Å². The van der Waals surface area contributed by atoms with Gasteiger partial charge in [0.05, 0.1) is 6.61 Å². The molecule has 2 heteroatoms. The van der Waals surface area contributed by atoms with Crippen molar-refractivity contribution < 1.29 is 5.11 Å². The minimum atomic E-state index is 0.130. The molecule has 1 nitrogen and oxygen atoms in total. The van der Waals surface area contributed by atoms with Crippen LogP contribution in [0.4, 0.5) is 0 Å². The Balaban J connectivity index is 0.000000221. The summed E-state index contributed by atoms with van der Waals surface area (Å²) in [6, 6.07) is 25.8. The van der Waals surface area contributed by atoms with Crippen molar-refractivity contribution in [3.05, 3.63) is 124 Å². The highest BCUT2D eigenvalue weighted by Crippen LogP contribution is 2.27. The van der Waals surface area contributed by atoms with Gasteiger partial charge in [0.15, 0.2) is 0 Å². The Bertz CT molecular complexity index is 1090. The molecule has 3 aromatic rings. The number of aliphatic hydroxyl groups excluding tert-OH is 1. The minimum absolute atomic E-state index is 0.130. The number of fused-ring (bicyclic) bond motifs is 1. The van der Waals surface area contributed by atoms with E-state index in [1.54, 1.807) is 11.8 Å². The first-order valence-electron chi connectivity index (χ1n) is 13.0. The largest absolute Gasteiger partial charge is 0.392 e. The number of rotatable bonds is 3. The van der Waals surface area contributed by atoms with Crippen LogP contribution in [0.15, 0.2) is 101 Å². The topological polar surface area (TPSA) is 20.2 Å². The maximum Gasteiger partial charge on any atom is 0.0615 e. The summed E-state index contributed by atoms with van der Waals surface area (Å²) in [5, 5.41) is 8.96. The fourth-order valence-electron chi connectivity index (χ4n) is 4.37. The quantitative estimate of drug-likeness (QED) is 0.362. The fourth-order valence-corrected chi connectivity index (χ4v) is 4.78. The maximum atomic E-state index is 8.96. The van der Waals surface area contributed by atoms with E-state index in [0.717, 1.165) is 25.7 Å². The Morgan fingerprint density at radius 2 is 1.42 bits per heavy atom. The van der Waals surface area contributed by atoms with E-state index in [0.29, 0.717) is 5.92 Å². The summed E-state index contributed by atoms with van der Waals surface area (Å²) in [6.07, 6.45) is 10.6. The van der Waals surface area contributed by atoms with Crippen LogP contribution in [0.25, 0.3) is 0 Å². The molecule has 3 aromatic carbocycles. The van der Waals surface area contributed by atoms with Gasteiger partial charge in [0.1, 0.15) is 0 Å². The van der Waals surface area contributed by atoms with Crippen molar-refractivity contribution in [1.82, 2.24) is 0 Å². The second kappa shape index (κ2) is 16.2. The van der Waals surface area contributed by atoms with E-state index in [-0.39, 0.29) is 6.61 Å². The molecule has 0 heterocycles. The van der Waals surface area contributed by atoms with Crippen molar-refractivity contribution in [2.45, 2.75) is 65.2 Å². The standard InChI is InChI=1S/C18H24O.C8H10S.C8H10/c1-14-12-17(8-5-11-19)15(2)9-10-16-6-3-4-7-18(16)13-14;1-7-3-5-8(9-2)6-4-7;1-7-4-3-5-8(2)6-7/h3-8,14,19H,9-13H2,1-2H3;3-6H,1-2H3;3-6H,1-2H3/b8-5-,17-15-;;. The van der Waals surface area contributed by atoms with Crippen molar-refractivity contribution in [3.8, 4) is 0 Å². The molecule has 0 saturated carbocycles. The highest BCUT2D eigenvalue weighted by atomic mass is 32.2. The molecule has 0 radical (unpaired) electrons. The number of hydrogen-bond donors (Lipinski definition) is 1. The van der Waals surface area contributed by atoms with E-state index < -0.39 is 0 Å². The van der Waals surface area contributed by atoms with E-state index in [2.05, 4.69) is 120 Å². The maximum absolute atomic E-state index is 8.96. The van der Waals surface area contributed by atoms with Gasteiger partial charge in [-0.15, -0.1) is 11.8 Å². The molecule has 0 bridgehead atoms. The fraction of sp³-hybridized carbons (Fsp3) is 0.353. The van der Waals surface area contributed by atoms with E-state index in [1.807, 2.05) is 6.08 Å². The Morgan fingerprint density at radius 3 is 1.97 bits per heavy atom. The lowest BCUT2D eigenvalue weighted by atomic mass is 9.92. The van der Waals surface area contributed by atoms with Gasteiger partial charge in [-0.3, -0.25) is 0 Å². The van der Waals surface area contributed by atoms with Gasteiger partial charge in [-0.25, -0.2) is 0 Å². The van der Waals surface area contributed by atoms with Gasteiger partial charge in [-0.1, -0.05) is 102 Å². The Kier molecular flexibility index (Phi) is 13.4. The van der Waals surface area contributed by atoms with Gasteiger partial charge in [0, 0.05) is 4.90 Å². The van der Waals surface area contributed by atoms with E-state index in [1.165, 1.54) is 43.9 Å². The second-order valence-electron chi connectivity index (χ2n) is 9.85. The molecule has 36 heavy (non-hydrogen) atoms. The summed E-state index contributed by atoms with van der Waals surface area (Å²) in [6.45, 7) is 11.0. The predicted octanol–water partition coefficient (Wildman–Crippen LogP) is 9.09. The van der Waals surface area contributed by atoms with Crippen molar-refractivity contribution >= 4 is 11.8 Å². The van der Waals surface area contributed by atoms with E-state index in [9.17, 15) is 0 Å². The molecule has 1 aliphatic carbocycles.